The first-order chi connectivity index (χ1) is 9.37. The molecule has 0 saturated carbocycles. The molecule has 0 aliphatic heterocycles. The molecule has 1 aromatic heterocycles. The Balaban J connectivity index is 2.10. The van der Waals surface area contributed by atoms with Crippen molar-refractivity contribution in [2.24, 2.45) is 0 Å². The number of hydrogen-bond acceptors (Lipinski definition) is 2. The second-order valence-electron chi connectivity index (χ2n) is 6.17. The third-order valence-corrected chi connectivity index (χ3v) is 5.36. The number of rotatable bonds is 5. The highest BCUT2D eigenvalue weighted by atomic mass is 79.9. The van der Waals surface area contributed by atoms with Crippen LogP contribution in [-0.4, -0.2) is 19.2 Å². The highest BCUT2D eigenvalue weighted by molar-refractivity contribution is 9.10. The van der Waals surface area contributed by atoms with Crippen molar-refractivity contribution >= 4 is 34.8 Å². The van der Waals surface area contributed by atoms with E-state index in [1.54, 1.807) is 10.8 Å². The van der Waals surface area contributed by atoms with E-state index in [2.05, 4.69) is 35.6 Å². The Morgan fingerprint density at radius 3 is 2.70 bits per heavy atom. The molecule has 0 bridgehead atoms. The fourth-order valence-electron chi connectivity index (χ4n) is 1.90. The van der Waals surface area contributed by atoms with Crippen LogP contribution in [0.4, 0.5) is 0 Å². The van der Waals surface area contributed by atoms with E-state index in [4.69, 9.17) is 4.74 Å². The number of halogens is 1. The molecule has 0 fully saturated rings. The molecular formula is C15H20BrNO2Si. The topological polar surface area (TPSA) is 31.2 Å². The maximum atomic E-state index is 12.3. The van der Waals surface area contributed by atoms with Crippen molar-refractivity contribution < 1.29 is 4.74 Å². The first-order valence-corrected chi connectivity index (χ1v) is 11.2. The van der Waals surface area contributed by atoms with Crippen LogP contribution in [0.15, 0.2) is 39.7 Å². The number of aromatic nitrogens is 1. The van der Waals surface area contributed by atoms with Crippen LogP contribution in [-0.2, 0) is 11.5 Å². The third kappa shape index (κ3) is 4.04. The lowest BCUT2D eigenvalue weighted by Gasteiger charge is -2.15. The van der Waals surface area contributed by atoms with Gasteiger partial charge in [0.15, 0.2) is 0 Å². The lowest BCUT2D eigenvalue weighted by molar-refractivity contribution is 0.0851. The van der Waals surface area contributed by atoms with Crippen LogP contribution in [0, 0.1) is 0 Å². The van der Waals surface area contributed by atoms with E-state index in [0.717, 1.165) is 27.9 Å². The van der Waals surface area contributed by atoms with Crippen LogP contribution < -0.4 is 5.56 Å². The van der Waals surface area contributed by atoms with Crippen molar-refractivity contribution in [2.45, 2.75) is 32.4 Å². The summed E-state index contributed by atoms with van der Waals surface area (Å²) in [5.74, 6) is 0. The van der Waals surface area contributed by atoms with Gasteiger partial charge in [0, 0.05) is 30.7 Å². The Morgan fingerprint density at radius 1 is 1.25 bits per heavy atom. The van der Waals surface area contributed by atoms with Crippen molar-refractivity contribution in [1.29, 1.82) is 0 Å². The van der Waals surface area contributed by atoms with E-state index >= 15 is 0 Å². The molecule has 1 heterocycles. The number of fused-ring (bicyclic) bond motifs is 1. The summed E-state index contributed by atoms with van der Waals surface area (Å²) in [4.78, 5) is 12.3. The van der Waals surface area contributed by atoms with E-state index in [1.165, 1.54) is 0 Å². The Labute approximate surface area is 128 Å². The largest absolute Gasteiger partial charge is 0.361 e. The second-order valence-corrected chi connectivity index (χ2v) is 12.7. The minimum Gasteiger partial charge on any atom is -0.361 e. The Morgan fingerprint density at radius 2 is 2.00 bits per heavy atom. The van der Waals surface area contributed by atoms with Crippen molar-refractivity contribution in [3.8, 4) is 0 Å². The van der Waals surface area contributed by atoms with Crippen molar-refractivity contribution in [2.75, 3.05) is 6.61 Å². The number of hydrogen-bond donors (Lipinski definition) is 0. The molecule has 0 N–H and O–H groups in total. The average molecular weight is 354 g/mol. The molecule has 5 heteroatoms. The Hall–Kier alpha value is -0.913. The molecule has 1 aromatic carbocycles. The van der Waals surface area contributed by atoms with Gasteiger partial charge in [-0.15, -0.1) is 0 Å². The summed E-state index contributed by atoms with van der Waals surface area (Å²) in [5, 5.41) is 1.67. The van der Waals surface area contributed by atoms with Gasteiger partial charge in [-0.25, -0.2) is 0 Å². The smallest absolute Gasteiger partial charge is 0.260 e. The zero-order valence-electron chi connectivity index (χ0n) is 12.1. The van der Waals surface area contributed by atoms with Crippen LogP contribution in [0.3, 0.4) is 0 Å². The fourth-order valence-corrected chi connectivity index (χ4v) is 3.04. The van der Waals surface area contributed by atoms with Crippen molar-refractivity contribution in [1.82, 2.24) is 4.57 Å². The van der Waals surface area contributed by atoms with Crippen LogP contribution >= 0.6 is 15.9 Å². The minimum atomic E-state index is -1.08. The van der Waals surface area contributed by atoms with Crippen LogP contribution in [0.1, 0.15) is 0 Å². The van der Waals surface area contributed by atoms with Crippen LogP contribution in [0.25, 0.3) is 10.8 Å². The number of ether oxygens (including phenoxy) is 1. The van der Waals surface area contributed by atoms with Gasteiger partial charge in [-0.1, -0.05) is 35.6 Å². The molecule has 0 spiro atoms. The zero-order chi connectivity index (χ0) is 14.8. The molecule has 0 radical (unpaired) electrons. The molecule has 108 valence electrons. The van der Waals surface area contributed by atoms with Crippen molar-refractivity contribution in [3.63, 3.8) is 0 Å². The SMILES string of the molecule is C[Si](C)(C)CCOCn1ccc2cc(Br)ccc2c1=O. The lowest BCUT2D eigenvalue weighted by Crippen LogP contribution is -2.24. The third-order valence-electron chi connectivity index (χ3n) is 3.17. The standard InChI is InChI=1S/C15H20BrNO2Si/c1-20(2,3)9-8-19-11-17-7-6-12-10-13(16)4-5-14(12)15(17)18/h4-7,10H,8-9,11H2,1-3H3. The summed E-state index contributed by atoms with van der Waals surface area (Å²) in [6.07, 6.45) is 1.80. The predicted molar refractivity (Wildman–Crippen MR) is 90.0 cm³/mol. The van der Waals surface area contributed by atoms with E-state index in [-0.39, 0.29) is 5.56 Å². The van der Waals surface area contributed by atoms with Gasteiger partial charge in [-0.05, 0) is 35.7 Å². The molecule has 0 saturated heterocycles. The monoisotopic (exact) mass is 353 g/mol. The molecular weight excluding hydrogens is 334 g/mol. The molecule has 0 aliphatic rings. The highest BCUT2D eigenvalue weighted by Crippen LogP contribution is 2.16. The number of benzene rings is 1. The molecule has 0 amide bonds. The molecule has 0 aliphatic carbocycles. The fraction of sp³-hybridized carbons (Fsp3) is 0.400. The molecule has 0 atom stereocenters. The lowest BCUT2D eigenvalue weighted by atomic mass is 10.2. The highest BCUT2D eigenvalue weighted by Gasteiger charge is 2.12. The van der Waals surface area contributed by atoms with Gasteiger partial charge in [0.2, 0.25) is 0 Å². The van der Waals surface area contributed by atoms with Gasteiger partial charge >= 0.3 is 0 Å². The van der Waals surface area contributed by atoms with E-state index < -0.39 is 8.07 Å². The molecule has 2 rings (SSSR count). The Bertz CT molecular complexity index is 661. The molecule has 20 heavy (non-hydrogen) atoms. The first kappa shape index (κ1) is 15.5. The second kappa shape index (κ2) is 6.24. The summed E-state index contributed by atoms with van der Waals surface area (Å²) in [5.41, 5.74) is 0.00278. The van der Waals surface area contributed by atoms with Crippen LogP contribution in [0.5, 0.6) is 0 Å². The molecule has 3 nitrogen and oxygen atoms in total. The van der Waals surface area contributed by atoms with Gasteiger partial charge in [0.05, 0.1) is 0 Å². The van der Waals surface area contributed by atoms with E-state index in [1.807, 2.05) is 24.3 Å². The number of pyridine rings is 1. The van der Waals surface area contributed by atoms with Gasteiger partial charge < -0.3 is 4.74 Å². The quantitative estimate of drug-likeness (QED) is 0.599. The van der Waals surface area contributed by atoms with Gasteiger partial charge in [-0.3, -0.25) is 9.36 Å². The summed E-state index contributed by atoms with van der Waals surface area (Å²) in [6, 6.07) is 8.75. The van der Waals surface area contributed by atoms with E-state index in [0.29, 0.717) is 6.73 Å². The van der Waals surface area contributed by atoms with E-state index in [9.17, 15) is 4.79 Å². The maximum Gasteiger partial charge on any atom is 0.260 e. The van der Waals surface area contributed by atoms with Gasteiger partial charge in [0.25, 0.3) is 5.56 Å². The normalized spacial score (nSPS) is 12.0. The van der Waals surface area contributed by atoms with Gasteiger partial charge in [-0.2, -0.15) is 0 Å². The minimum absolute atomic E-state index is 0.00278. The summed E-state index contributed by atoms with van der Waals surface area (Å²) in [6.45, 7) is 8.00. The zero-order valence-corrected chi connectivity index (χ0v) is 14.7. The maximum absolute atomic E-state index is 12.3. The van der Waals surface area contributed by atoms with Crippen LogP contribution in [0.2, 0.25) is 25.7 Å². The summed E-state index contributed by atoms with van der Waals surface area (Å²) >= 11 is 3.42. The summed E-state index contributed by atoms with van der Waals surface area (Å²) in [7, 11) is -1.08. The number of nitrogens with zero attached hydrogens (tertiary/aromatic N) is 1. The van der Waals surface area contributed by atoms with Gasteiger partial charge in [0.1, 0.15) is 6.73 Å². The van der Waals surface area contributed by atoms with Crippen molar-refractivity contribution in [3.05, 3.63) is 45.3 Å². The Kier molecular flexibility index (Phi) is 4.83. The first-order valence-electron chi connectivity index (χ1n) is 6.73. The molecule has 2 aromatic rings. The predicted octanol–water partition coefficient (Wildman–Crippen LogP) is 4.08. The average Bonchev–Trinajstić information content (AvgIpc) is 2.35. The summed E-state index contributed by atoms with van der Waals surface area (Å²) < 4.78 is 8.24. The molecule has 0 unspecified atom stereocenters.